The van der Waals surface area contributed by atoms with Crippen LogP contribution in [-0.4, -0.2) is 40.4 Å². The summed E-state index contributed by atoms with van der Waals surface area (Å²) in [7, 11) is 1.60. The van der Waals surface area contributed by atoms with E-state index >= 15 is 0 Å². The number of hydrogen-bond acceptors (Lipinski definition) is 4. The molecule has 1 aliphatic rings. The number of fused-ring (bicyclic) bond motifs is 1. The van der Waals surface area contributed by atoms with Crippen molar-refractivity contribution in [1.29, 1.82) is 0 Å². The van der Waals surface area contributed by atoms with Crippen molar-refractivity contribution >= 4 is 5.91 Å². The highest BCUT2D eigenvalue weighted by Crippen LogP contribution is 2.17. The second kappa shape index (κ2) is 4.68. The highest BCUT2D eigenvalue weighted by Gasteiger charge is 2.25. The smallest absolute Gasteiger partial charge is 0.279 e. The quantitative estimate of drug-likeness (QED) is 0.756. The van der Waals surface area contributed by atoms with E-state index in [-0.39, 0.29) is 24.7 Å². The molecular formula is C11H14N2O4. The Morgan fingerprint density at radius 3 is 2.94 bits per heavy atom. The molecule has 2 rings (SSSR count). The summed E-state index contributed by atoms with van der Waals surface area (Å²) in [5.41, 5.74) is 1.11. The number of aliphatic hydroxyl groups excluding tert-OH is 1. The van der Waals surface area contributed by atoms with Gasteiger partial charge in [0.2, 0.25) is 0 Å². The molecule has 0 saturated heterocycles. The Hall–Kier alpha value is -1.66. The summed E-state index contributed by atoms with van der Waals surface area (Å²) in [4.78, 5) is 28.5. The Morgan fingerprint density at radius 1 is 1.47 bits per heavy atom. The molecule has 0 aliphatic carbocycles. The van der Waals surface area contributed by atoms with E-state index in [2.05, 4.69) is 0 Å². The van der Waals surface area contributed by atoms with E-state index in [1.807, 2.05) is 0 Å². The third-order valence-electron chi connectivity index (χ3n) is 2.69. The zero-order chi connectivity index (χ0) is 12.4. The maximum absolute atomic E-state index is 12.0. The Morgan fingerprint density at radius 2 is 2.24 bits per heavy atom. The van der Waals surface area contributed by atoms with Gasteiger partial charge in [0.1, 0.15) is 0 Å². The molecule has 1 amide bonds. The normalized spacial score (nSPS) is 14.9. The van der Waals surface area contributed by atoms with Crippen molar-refractivity contribution in [3.05, 3.63) is 33.7 Å². The van der Waals surface area contributed by atoms with E-state index in [0.29, 0.717) is 18.5 Å². The molecule has 0 atom stereocenters. The van der Waals surface area contributed by atoms with Crippen LogP contribution in [0.1, 0.15) is 15.9 Å². The first kappa shape index (κ1) is 11.8. The lowest BCUT2D eigenvalue weighted by atomic mass is 10.0. The van der Waals surface area contributed by atoms with Crippen LogP contribution in [0, 0.1) is 0 Å². The Kier molecular flexibility index (Phi) is 3.26. The molecule has 6 nitrogen and oxygen atoms in total. The summed E-state index contributed by atoms with van der Waals surface area (Å²) in [6, 6.07) is 1.48. The average molecular weight is 238 g/mol. The third-order valence-corrected chi connectivity index (χ3v) is 2.69. The van der Waals surface area contributed by atoms with Gasteiger partial charge in [-0.1, -0.05) is 0 Å². The zero-order valence-corrected chi connectivity index (χ0v) is 9.55. The molecule has 0 unspecified atom stereocenters. The zero-order valence-electron chi connectivity index (χ0n) is 9.55. The molecule has 0 spiro atoms. The average Bonchev–Trinajstić information content (AvgIpc) is 2.31. The molecule has 1 aromatic rings. The minimum Gasteiger partial charge on any atom is -0.394 e. The number of pyridine rings is 1. The summed E-state index contributed by atoms with van der Waals surface area (Å²) in [5.74, 6) is -0.268. The SMILES string of the molecule is Cn1cc2c(cc1=O)CCN(OCCO)C2=O. The number of carbonyl (C=O) groups is 1. The van der Waals surface area contributed by atoms with Gasteiger partial charge in [-0.05, 0) is 12.0 Å². The van der Waals surface area contributed by atoms with Gasteiger partial charge >= 0.3 is 0 Å². The van der Waals surface area contributed by atoms with Crippen LogP contribution in [0.5, 0.6) is 0 Å². The van der Waals surface area contributed by atoms with Gasteiger partial charge in [-0.15, -0.1) is 0 Å². The van der Waals surface area contributed by atoms with E-state index < -0.39 is 0 Å². The molecule has 0 radical (unpaired) electrons. The van der Waals surface area contributed by atoms with Gasteiger partial charge in [-0.3, -0.25) is 14.4 Å². The third kappa shape index (κ3) is 2.22. The molecule has 1 aromatic heterocycles. The highest BCUT2D eigenvalue weighted by molar-refractivity contribution is 5.95. The fraction of sp³-hybridized carbons (Fsp3) is 0.455. The van der Waals surface area contributed by atoms with Crippen LogP contribution in [0.2, 0.25) is 0 Å². The van der Waals surface area contributed by atoms with Gasteiger partial charge in [0.15, 0.2) is 0 Å². The van der Waals surface area contributed by atoms with E-state index in [4.69, 9.17) is 9.94 Å². The number of hydrogen-bond donors (Lipinski definition) is 1. The predicted octanol–water partition coefficient (Wildman–Crippen LogP) is -0.693. The molecule has 1 aliphatic heterocycles. The number of aliphatic hydroxyl groups is 1. The lowest BCUT2D eigenvalue weighted by molar-refractivity contribution is -0.132. The monoisotopic (exact) mass is 238 g/mol. The summed E-state index contributed by atoms with van der Waals surface area (Å²) < 4.78 is 1.37. The fourth-order valence-electron chi connectivity index (χ4n) is 1.80. The second-order valence-electron chi connectivity index (χ2n) is 3.88. The predicted molar refractivity (Wildman–Crippen MR) is 59.5 cm³/mol. The van der Waals surface area contributed by atoms with Gasteiger partial charge in [0.05, 0.1) is 25.3 Å². The van der Waals surface area contributed by atoms with Crippen LogP contribution < -0.4 is 5.56 Å². The van der Waals surface area contributed by atoms with Crippen LogP contribution in [-0.2, 0) is 18.3 Å². The fourth-order valence-corrected chi connectivity index (χ4v) is 1.80. The highest BCUT2D eigenvalue weighted by atomic mass is 16.7. The maximum Gasteiger partial charge on any atom is 0.279 e. The van der Waals surface area contributed by atoms with Crippen molar-refractivity contribution in [2.45, 2.75) is 6.42 Å². The molecule has 1 N–H and O–H groups in total. The molecule has 0 aromatic carbocycles. The lowest BCUT2D eigenvalue weighted by Gasteiger charge is -2.27. The molecular weight excluding hydrogens is 224 g/mol. The van der Waals surface area contributed by atoms with Crippen molar-refractivity contribution in [2.75, 3.05) is 19.8 Å². The number of amides is 1. The van der Waals surface area contributed by atoms with Gasteiger partial charge in [-0.2, -0.15) is 0 Å². The molecule has 6 heteroatoms. The van der Waals surface area contributed by atoms with Crippen LogP contribution in [0.3, 0.4) is 0 Å². The second-order valence-corrected chi connectivity index (χ2v) is 3.88. The lowest BCUT2D eigenvalue weighted by Crippen LogP contribution is -2.39. The topological polar surface area (TPSA) is 71.8 Å². The summed E-state index contributed by atoms with van der Waals surface area (Å²) in [5, 5.41) is 9.88. The van der Waals surface area contributed by atoms with E-state index in [9.17, 15) is 9.59 Å². The Bertz CT molecular complexity index is 495. The van der Waals surface area contributed by atoms with Gasteiger partial charge in [0.25, 0.3) is 11.5 Å². The molecule has 92 valence electrons. The summed E-state index contributed by atoms with van der Waals surface area (Å²) >= 11 is 0. The first-order valence-corrected chi connectivity index (χ1v) is 5.38. The molecule has 2 heterocycles. The van der Waals surface area contributed by atoms with Crippen LogP contribution in [0.25, 0.3) is 0 Å². The number of aryl methyl sites for hydroxylation is 1. The number of aromatic nitrogens is 1. The Balaban J connectivity index is 2.29. The maximum atomic E-state index is 12.0. The van der Waals surface area contributed by atoms with Crippen molar-refractivity contribution in [3.63, 3.8) is 0 Å². The summed E-state index contributed by atoms with van der Waals surface area (Å²) in [6.07, 6.45) is 2.11. The van der Waals surface area contributed by atoms with Crippen LogP contribution >= 0.6 is 0 Å². The van der Waals surface area contributed by atoms with Crippen molar-refractivity contribution in [1.82, 2.24) is 9.63 Å². The van der Waals surface area contributed by atoms with Crippen molar-refractivity contribution < 1.29 is 14.7 Å². The molecule has 0 saturated carbocycles. The van der Waals surface area contributed by atoms with Crippen LogP contribution in [0.15, 0.2) is 17.1 Å². The first-order chi connectivity index (χ1) is 8.13. The number of hydroxylamine groups is 2. The minimum absolute atomic E-state index is 0.0901. The largest absolute Gasteiger partial charge is 0.394 e. The van der Waals surface area contributed by atoms with Crippen LogP contribution in [0.4, 0.5) is 0 Å². The van der Waals surface area contributed by atoms with E-state index in [1.54, 1.807) is 7.05 Å². The van der Waals surface area contributed by atoms with E-state index in [0.717, 1.165) is 5.56 Å². The first-order valence-electron chi connectivity index (χ1n) is 5.38. The molecule has 0 bridgehead atoms. The van der Waals surface area contributed by atoms with Gasteiger partial charge in [0, 0.05) is 19.3 Å². The Labute approximate surface area is 98.0 Å². The van der Waals surface area contributed by atoms with Gasteiger partial charge in [-0.25, -0.2) is 5.06 Å². The number of rotatable bonds is 3. The van der Waals surface area contributed by atoms with Crippen molar-refractivity contribution in [2.24, 2.45) is 7.05 Å². The van der Waals surface area contributed by atoms with Crippen molar-refractivity contribution in [3.8, 4) is 0 Å². The minimum atomic E-state index is -0.268. The summed E-state index contributed by atoms with van der Waals surface area (Å²) in [6.45, 7) is 0.357. The number of nitrogens with zero attached hydrogens (tertiary/aromatic N) is 2. The standard InChI is InChI=1S/C11H14N2O4/c1-12-7-9-8(6-10(12)15)2-3-13(11(9)16)17-5-4-14/h6-7,14H,2-5H2,1H3. The van der Waals surface area contributed by atoms with E-state index in [1.165, 1.54) is 21.9 Å². The number of carbonyl (C=O) groups excluding carboxylic acids is 1. The molecule has 17 heavy (non-hydrogen) atoms. The van der Waals surface area contributed by atoms with Gasteiger partial charge < -0.3 is 9.67 Å². The molecule has 0 fully saturated rings.